The summed E-state index contributed by atoms with van der Waals surface area (Å²) in [5.41, 5.74) is 5.42. The molecule has 0 unspecified atom stereocenters. The van der Waals surface area contributed by atoms with Crippen molar-refractivity contribution in [2.45, 2.75) is 13.8 Å². The van der Waals surface area contributed by atoms with Crippen molar-refractivity contribution in [3.63, 3.8) is 0 Å². The predicted molar refractivity (Wildman–Crippen MR) is 92.4 cm³/mol. The molecular formula is C16H20N4O2S. The number of hydrogen-bond donors (Lipinski definition) is 1. The maximum absolute atomic E-state index is 11.8. The molecule has 1 heterocycles. The van der Waals surface area contributed by atoms with Gasteiger partial charge in [-0.2, -0.15) is 5.10 Å². The molecule has 1 aromatic carbocycles. The second-order valence-corrected chi connectivity index (χ2v) is 5.78. The number of aromatic nitrogens is 2. The molecule has 7 heteroatoms. The molecule has 0 saturated carbocycles. The van der Waals surface area contributed by atoms with Crippen LogP contribution in [-0.2, 0) is 18.9 Å². The smallest absolute Gasteiger partial charge is 0.277 e. The maximum atomic E-state index is 11.8. The molecule has 2 aromatic rings. The van der Waals surface area contributed by atoms with Gasteiger partial charge < -0.3 is 13.9 Å². The fourth-order valence-electron chi connectivity index (χ4n) is 2.18. The van der Waals surface area contributed by atoms with Gasteiger partial charge in [0.15, 0.2) is 11.4 Å². The van der Waals surface area contributed by atoms with Crippen LogP contribution in [0.15, 0.2) is 29.5 Å². The molecule has 0 spiro atoms. The van der Waals surface area contributed by atoms with Gasteiger partial charge in [0.2, 0.25) is 0 Å². The van der Waals surface area contributed by atoms with E-state index in [9.17, 15) is 4.79 Å². The van der Waals surface area contributed by atoms with Gasteiger partial charge in [0.25, 0.3) is 5.91 Å². The van der Waals surface area contributed by atoms with E-state index in [4.69, 9.17) is 17.0 Å². The van der Waals surface area contributed by atoms with Gasteiger partial charge in [-0.3, -0.25) is 4.79 Å². The molecule has 6 nitrogen and oxygen atoms in total. The number of hydrogen-bond acceptors (Lipinski definition) is 4. The number of ether oxygens (including phenoxy) is 1. The van der Waals surface area contributed by atoms with Crippen LogP contribution in [-0.4, -0.2) is 27.9 Å². The first-order chi connectivity index (χ1) is 10.9. The van der Waals surface area contributed by atoms with E-state index < -0.39 is 0 Å². The Labute approximate surface area is 140 Å². The third-order valence-electron chi connectivity index (χ3n) is 3.25. The highest BCUT2D eigenvalue weighted by atomic mass is 32.1. The van der Waals surface area contributed by atoms with Crippen LogP contribution < -0.4 is 10.2 Å². The van der Waals surface area contributed by atoms with Gasteiger partial charge in [0.05, 0.1) is 11.9 Å². The van der Waals surface area contributed by atoms with Crippen molar-refractivity contribution in [1.82, 2.24) is 14.6 Å². The summed E-state index contributed by atoms with van der Waals surface area (Å²) in [5.74, 6) is 0.351. The molecule has 0 saturated heterocycles. The zero-order chi connectivity index (χ0) is 17.0. The predicted octanol–water partition coefficient (Wildman–Crippen LogP) is 2.24. The van der Waals surface area contributed by atoms with Crippen molar-refractivity contribution in [2.75, 3.05) is 6.61 Å². The Bertz CT molecular complexity index is 785. The normalized spacial score (nSPS) is 11.0. The summed E-state index contributed by atoms with van der Waals surface area (Å²) in [4.78, 5) is 11.8. The van der Waals surface area contributed by atoms with Crippen LogP contribution in [0.25, 0.3) is 0 Å². The first-order valence-corrected chi connectivity index (χ1v) is 7.53. The molecule has 2 rings (SSSR count). The highest BCUT2D eigenvalue weighted by molar-refractivity contribution is 7.71. The molecule has 0 radical (unpaired) electrons. The molecule has 0 aliphatic carbocycles. The van der Waals surface area contributed by atoms with E-state index in [0.29, 0.717) is 10.5 Å². The Morgan fingerprint density at radius 3 is 2.52 bits per heavy atom. The lowest BCUT2D eigenvalue weighted by atomic mass is 10.1. The minimum absolute atomic E-state index is 0.0898. The Balaban J connectivity index is 1.88. The van der Waals surface area contributed by atoms with Crippen molar-refractivity contribution in [2.24, 2.45) is 19.2 Å². The van der Waals surface area contributed by atoms with Gasteiger partial charge in [-0.1, -0.05) is 6.07 Å². The van der Waals surface area contributed by atoms with Crippen LogP contribution in [0.4, 0.5) is 0 Å². The summed E-state index contributed by atoms with van der Waals surface area (Å²) in [5, 5.41) is 3.92. The average molecular weight is 332 g/mol. The number of rotatable bonds is 5. The van der Waals surface area contributed by atoms with Crippen molar-refractivity contribution in [3.05, 3.63) is 46.0 Å². The number of carbonyl (C=O) groups excluding carboxylic acids is 1. The fraction of sp³-hybridized carbons (Fsp3) is 0.312. The van der Waals surface area contributed by atoms with Crippen molar-refractivity contribution >= 4 is 24.3 Å². The number of carbonyl (C=O) groups is 1. The van der Waals surface area contributed by atoms with Crippen LogP contribution in [0.2, 0.25) is 0 Å². The zero-order valence-electron chi connectivity index (χ0n) is 13.7. The first kappa shape index (κ1) is 17.0. The van der Waals surface area contributed by atoms with Gasteiger partial charge >= 0.3 is 0 Å². The van der Waals surface area contributed by atoms with Crippen LogP contribution in [0.1, 0.15) is 16.8 Å². The summed E-state index contributed by atoms with van der Waals surface area (Å²) in [6.45, 7) is 3.88. The van der Waals surface area contributed by atoms with Crippen molar-refractivity contribution in [3.8, 4) is 5.75 Å². The fourth-order valence-corrected chi connectivity index (χ4v) is 2.33. The monoisotopic (exact) mass is 332 g/mol. The third kappa shape index (κ3) is 4.53. The summed E-state index contributed by atoms with van der Waals surface area (Å²) in [7, 11) is 3.70. The van der Waals surface area contributed by atoms with Gasteiger partial charge in [-0.05, 0) is 49.3 Å². The topological polar surface area (TPSA) is 60.5 Å². The molecule has 0 fully saturated rings. The number of benzene rings is 1. The SMILES string of the molecule is Cc1cc(C)cc(OCC(=O)NN=Cc2cn(C)c(=S)n2C)c1. The Hall–Kier alpha value is -2.41. The number of amides is 1. The van der Waals surface area contributed by atoms with Gasteiger partial charge in [-0.15, -0.1) is 0 Å². The van der Waals surface area contributed by atoms with E-state index in [2.05, 4.69) is 10.5 Å². The number of aryl methyl sites for hydroxylation is 3. The van der Waals surface area contributed by atoms with Crippen molar-refractivity contribution in [1.29, 1.82) is 0 Å². The van der Waals surface area contributed by atoms with E-state index in [1.807, 2.05) is 56.9 Å². The largest absolute Gasteiger partial charge is 0.484 e. The van der Waals surface area contributed by atoms with E-state index in [-0.39, 0.29) is 12.5 Å². The molecule has 1 N–H and O–H groups in total. The highest BCUT2D eigenvalue weighted by Crippen LogP contribution is 2.15. The van der Waals surface area contributed by atoms with Crippen molar-refractivity contribution < 1.29 is 9.53 Å². The molecule has 0 aliphatic rings. The second kappa shape index (κ2) is 7.23. The van der Waals surface area contributed by atoms with Crippen LogP contribution >= 0.6 is 12.2 Å². The molecule has 1 amide bonds. The number of nitrogens with zero attached hydrogens (tertiary/aromatic N) is 3. The van der Waals surface area contributed by atoms with Gasteiger partial charge in [0, 0.05) is 20.3 Å². The molecule has 122 valence electrons. The zero-order valence-corrected chi connectivity index (χ0v) is 14.5. The quantitative estimate of drug-likeness (QED) is 0.519. The lowest BCUT2D eigenvalue weighted by Gasteiger charge is -2.07. The molecule has 1 aromatic heterocycles. The van der Waals surface area contributed by atoms with E-state index in [1.54, 1.807) is 10.8 Å². The Morgan fingerprint density at radius 1 is 1.30 bits per heavy atom. The third-order valence-corrected chi connectivity index (χ3v) is 3.81. The van der Waals surface area contributed by atoms with E-state index >= 15 is 0 Å². The molecular weight excluding hydrogens is 312 g/mol. The van der Waals surface area contributed by atoms with Crippen LogP contribution in [0, 0.1) is 18.6 Å². The Kier molecular flexibility index (Phi) is 5.33. The standard InChI is InChI=1S/C16H20N4O2S/c1-11-5-12(2)7-14(6-11)22-10-15(21)18-17-8-13-9-19(3)16(23)20(13)4/h5-9H,10H2,1-4H3,(H,18,21). The summed E-state index contributed by atoms with van der Waals surface area (Å²) >= 11 is 5.19. The molecule has 0 aliphatic heterocycles. The average Bonchev–Trinajstić information content (AvgIpc) is 2.72. The minimum Gasteiger partial charge on any atom is -0.484 e. The molecule has 0 atom stereocenters. The van der Waals surface area contributed by atoms with Crippen LogP contribution in [0.3, 0.4) is 0 Å². The number of imidazole rings is 1. The molecule has 23 heavy (non-hydrogen) atoms. The minimum atomic E-state index is -0.322. The lowest BCUT2D eigenvalue weighted by molar-refractivity contribution is -0.123. The van der Waals surface area contributed by atoms with Gasteiger partial charge in [-0.25, -0.2) is 5.43 Å². The second-order valence-electron chi connectivity index (χ2n) is 5.41. The van der Waals surface area contributed by atoms with E-state index in [1.165, 1.54) is 0 Å². The Morgan fingerprint density at radius 2 is 1.96 bits per heavy atom. The summed E-state index contributed by atoms with van der Waals surface area (Å²) in [6.07, 6.45) is 3.38. The molecule has 0 bridgehead atoms. The highest BCUT2D eigenvalue weighted by Gasteiger charge is 2.03. The number of hydrazone groups is 1. The van der Waals surface area contributed by atoms with Gasteiger partial charge in [0.1, 0.15) is 5.75 Å². The summed E-state index contributed by atoms with van der Waals surface area (Å²) < 4.78 is 9.75. The lowest BCUT2D eigenvalue weighted by Crippen LogP contribution is -2.24. The maximum Gasteiger partial charge on any atom is 0.277 e. The van der Waals surface area contributed by atoms with E-state index in [0.717, 1.165) is 16.8 Å². The van der Waals surface area contributed by atoms with Crippen LogP contribution in [0.5, 0.6) is 5.75 Å². The number of nitrogens with one attached hydrogen (secondary N) is 1. The first-order valence-electron chi connectivity index (χ1n) is 7.12. The summed E-state index contributed by atoms with van der Waals surface area (Å²) in [6, 6.07) is 5.82.